The van der Waals surface area contributed by atoms with E-state index in [1.807, 2.05) is 18.2 Å². The molecule has 0 heterocycles. The molecule has 0 saturated heterocycles. The predicted molar refractivity (Wildman–Crippen MR) is 103 cm³/mol. The van der Waals surface area contributed by atoms with Crippen LogP contribution in [0.1, 0.15) is 34.7 Å². The molecule has 2 aromatic carbocycles. The lowest BCUT2D eigenvalue weighted by molar-refractivity contribution is -0.134. The minimum absolute atomic E-state index is 0.332. The third-order valence-electron chi connectivity index (χ3n) is 4.84. The number of methoxy groups -OCH3 is 2. The molecule has 4 heteroatoms. The van der Waals surface area contributed by atoms with Crippen LogP contribution in [-0.2, 0) is 22.4 Å². The lowest BCUT2D eigenvalue weighted by Gasteiger charge is -2.15. The molecule has 2 aromatic rings. The SMILES string of the molecule is COC(=O)/C=C/c1ccc2c(c1)CCC2NCCc1ccccc1OC. The molecule has 0 saturated carbocycles. The number of aryl methyl sites for hydroxylation is 1. The molecule has 0 fully saturated rings. The van der Waals surface area contributed by atoms with Gasteiger partial charge in [0.1, 0.15) is 5.75 Å². The number of rotatable bonds is 7. The van der Waals surface area contributed by atoms with Crippen molar-refractivity contribution < 1.29 is 14.3 Å². The molecule has 1 unspecified atom stereocenters. The average Bonchev–Trinajstić information content (AvgIpc) is 3.08. The van der Waals surface area contributed by atoms with Crippen molar-refractivity contribution in [3.8, 4) is 5.75 Å². The Morgan fingerprint density at radius 3 is 2.88 bits per heavy atom. The summed E-state index contributed by atoms with van der Waals surface area (Å²) in [5.74, 6) is 0.615. The van der Waals surface area contributed by atoms with Gasteiger partial charge in [-0.2, -0.15) is 0 Å². The number of carbonyl (C=O) groups excluding carboxylic acids is 1. The smallest absolute Gasteiger partial charge is 0.330 e. The van der Waals surface area contributed by atoms with Gasteiger partial charge in [-0.25, -0.2) is 4.79 Å². The van der Waals surface area contributed by atoms with Gasteiger partial charge in [-0.3, -0.25) is 0 Å². The van der Waals surface area contributed by atoms with Crippen LogP contribution in [0.2, 0.25) is 0 Å². The van der Waals surface area contributed by atoms with Gasteiger partial charge in [0.15, 0.2) is 0 Å². The number of benzene rings is 2. The highest BCUT2D eigenvalue weighted by Crippen LogP contribution is 2.32. The van der Waals surface area contributed by atoms with Crippen LogP contribution in [0, 0.1) is 0 Å². The van der Waals surface area contributed by atoms with Gasteiger partial charge in [0.2, 0.25) is 0 Å². The van der Waals surface area contributed by atoms with Crippen LogP contribution in [0.5, 0.6) is 5.75 Å². The second-order valence-corrected chi connectivity index (χ2v) is 6.42. The summed E-state index contributed by atoms with van der Waals surface area (Å²) in [5, 5.41) is 3.67. The molecule has 0 radical (unpaired) electrons. The Morgan fingerprint density at radius 2 is 2.08 bits per heavy atom. The Labute approximate surface area is 154 Å². The highest BCUT2D eigenvalue weighted by molar-refractivity contribution is 5.86. The van der Waals surface area contributed by atoms with Crippen LogP contribution < -0.4 is 10.1 Å². The van der Waals surface area contributed by atoms with E-state index in [1.165, 1.54) is 29.9 Å². The Bertz CT molecular complexity index is 798. The second kappa shape index (κ2) is 8.68. The van der Waals surface area contributed by atoms with E-state index >= 15 is 0 Å². The van der Waals surface area contributed by atoms with Gasteiger partial charge in [-0.05, 0) is 60.2 Å². The molecule has 26 heavy (non-hydrogen) atoms. The summed E-state index contributed by atoms with van der Waals surface area (Å²) in [4.78, 5) is 11.2. The molecule has 1 aliphatic carbocycles. The first kappa shape index (κ1) is 18.2. The quantitative estimate of drug-likeness (QED) is 0.610. The van der Waals surface area contributed by atoms with E-state index in [2.05, 4.69) is 34.3 Å². The highest BCUT2D eigenvalue weighted by Gasteiger charge is 2.21. The van der Waals surface area contributed by atoms with Crippen molar-refractivity contribution in [2.75, 3.05) is 20.8 Å². The van der Waals surface area contributed by atoms with Crippen molar-refractivity contribution in [3.05, 3.63) is 70.8 Å². The van der Waals surface area contributed by atoms with E-state index in [9.17, 15) is 4.79 Å². The number of para-hydroxylation sites is 1. The average molecular weight is 351 g/mol. The van der Waals surface area contributed by atoms with Gasteiger partial charge in [0.25, 0.3) is 0 Å². The lowest BCUT2D eigenvalue weighted by Crippen LogP contribution is -2.22. The van der Waals surface area contributed by atoms with Gasteiger partial charge >= 0.3 is 5.97 Å². The van der Waals surface area contributed by atoms with E-state index < -0.39 is 0 Å². The molecule has 4 nitrogen and oxygen atoms in total. The van der Waals surface area contributed by atoms with Crippen LogP contribution >= 0.6 is 0 Å². The summed E-state index contributed by atoms with van der Waals surface area (Å²) in [6.07, 6.45) is 6.36. The van der Waals surface area contributed by atoms with Crippen molar-refractivity contribution >= 4 is 12.0 Å². The van der Waals surface area contributed by atoms with Gasteiger partial charge in [-0.1, -0.05) is 36.4 Å². The second-order valence-electron chi connectivity index (χ2n) is 6.42. The summed E-state index contributed by atoms with van der Waals surface area (Å²) in [7, 11) is 3.10. The minimum Gasteiger partial charge on any atom is -0.496 e. The number of esters is 1. The Morgan fingerprint density at radius 1 is 1.23 bits per heavy atom. The summed E-state index contributed by atoms with van der Waals surface area (Å²) in [6, 6.07) is 14.9. The molecule has 136 valence electrons. The Balaban J connectivity index is 1.59. The number of ether oxygens (including phenoxy) is 2. The van der Waals surface area contributed by atoms with Crippen molar-refractivity contribution in [2.45, 2.75) is 25.3 Å². The summed E-state index contributed by atoms with van der Waals surface area (Å²) in [5.41, 5.74) is 4.97. The van der Waals surface area contributed by atoms with Gasteiger partial charge in [0.05, 0.1) is 14.2 Å². The van der Waals surface area contributed by atoms with Crippen LogP contribution in [0.3, 0.4) is 0 Å². The number of fused-ring (bicyclic) bond motifs is 1. The van der Waals surface area contributed by atoms with Crippen molar-refractivity contribution in [3.63, 3.8) is 0 Å². The lowest BCUT2D eigenvalue weighted by atomic mass is 10.0. The highest BCUT2D eigenvalue weighted by atomic mass is 16.5. The van der Waals surface area contributed by atoms with Crippen molar-refractivity contribution in [2.24, 2.45) is 0 Å². The first-order chi connectivity index (χ1) is 12.7. The maximum absolute atomic E-state index is 11.2. The molecule has 1 aliphatic rings. The van der Waals surface area contributed by atoms with Gasteiger partial charge in [0, 0.05) is 12.1 Å². The fourth-order valence-electron chi connectivity index (χ4n) is 3.48. The zero-order valence-electron chi connectivity index (χ0n) is 15.3. The summed E-state index contributed by atoms with van der Waals surface area (Å²) in [6.45, 7) is 0.911. The minimum atomic E-state index is -0.332. The number of carbonyl (C=O) groups is 1. The van der Waals surface area contributed by atoms with Crippen molar-refractivity contribution in [1.82, 2.24) is 5.32 Å². The van der Waals surface area contributed by atoms with Crippen LogP contribution in [0.25, 0.3) is 6.08 Å². The molecule has 1 atom stereocenters. The Kier molecular flexibility index (Phi) is 6.08. The number of nitrogens with one attached hydrogen (secondary N) is 1. The molecule has 0 amide bonds. The van der Waals surface area contributed by atoms with E-state index in [0.29, 0.717) is 6.04 Å². The third kappa shape index (κ3) is 4.33. The molecule has 0 aliphatic heterocycles. The maximum Gasteiger partial charge on any atom is 0.330 e. The largest absolute Gasteiger partial charge is 0.496 e. The number of hydrogen-bond donors (Lipinski definition) is 1. The molecule has 1 N–H and O–H groups in total. The van der Waals surface area contributed by atoms with Crippen LogP contribution in [0.15, 0.2) is 48.5 Å². The molecular weight excluding hydrogens is 326 g/mol. The standard InChI is InChI=1S/C22H25NO3/c1-25-21-6-4-3-5-17(21)13-14-23-20-11-9-18-15-16(7-10-19(18)20)8-12-22(24)26-2/h3-8,10,12,15,20,23H,9,11,13-14H2,1-2H3/b12-8+. The Hall–Kier alpha value is -2.59. The monoisotopic (exact) mass is 351 g/mol. The van der Waals surface area contributed by atoms with E-state index in [4.69, 9.17) is 4.74 Å². The fraction of sp³-hybridized carbons (Fsp3) is 0.318. The summed E-state index contributed by atoms with van der Waals surface area (Å²) < 4.78 is 10.1. The van der Waals surface area contributed by atoms with E-state index in [1.54, 1.807) is 13.2 Å². The third-order valence-corrected chi connectivity index (χ3v) is 4.84. The molecular formula is C22H25NO3. The first-order valence-electron chi connectivity index (χ1n) is 8.95. The van der Waals surface area contributed by atoms with E-state index in [0.717, 1.165) is 37.1 Å². The first-order valence-corrected chi connectivity index (χ1v) is 8.95. The van der Waals surface area contributed by atoms with Crippen molar-refractivity contribution in [1.29, 1.82) is 0 Å². The van der Waals surface area contributed by atoms with Gasteiger partial charge in [-0.15, -0.1) is 0 Å². The fourth-order valence-corrected chi connectivity index (χ4v) is 3.48. The predicted octanol–water partition coefficient (Wildman–Crippen LogP) is 3.70. The van der Waals surface area contributed by atoms with E-state index in [-0.39, 0.29) is 5.97 Å². The molecule has 0 spiro atoms. The number of hydrogen-bond acceptors (Lipinski definition) is 4. The van der Waals surface area contributed by atoms with Crippen LogP contribution in [0.4, 0.5) is 0 Å². The zero-order chi connectivity index (χ0) is 18.4. The summed E-state index contributed by atoms with van der Waals surface area (Å²) >= 11 is 0. The maximum atomic E-state index is 11.2. The molecule has 0 bridgehead atoms. The van der Waals surface area contributed by atoms with Crippen LogP contribution in [-0.4, -0.2) is 26.7 Å². The zero-order valence-corrected chi connectivity index (χ0v) is 15.3. The molecule has 3 rings (SSSR count). The normalized spacial score (nSPS) is 15.8. The molecule has 0 aromatic heterocycles. The topological polar surface area (TPSA) is 47.6 Å². The van der Waals surface area contributed by atoms with Gasteiger partial charge < -0.3 is 14.8 Å².